The van der Waals surface area contributed by atoms with E-state index >= 15 is 0 Å². The zero-order valence-electron chi connectivity index (χ0n) is 10.7. The number of aryl methyl sites for hydroxylation is 1. The maximum Gasteiger partial charge on any atom is 0.233 e. The van der Waals surface area contributed by atoms with E-state index < -0.39 is 0 Å². The monoisotopic (exact) mass is 275 g/mol. The number of carbonyl (C=O) groups is 1. The van der Waals surface area contributed by atoms with Crippen LogP contribution in [0.1, 0.15) is 24.1 Å². The van der Waals surface area contributed by atoms with E-state index in [0.717, 1.165) is 5.56 Å². The highest BCUT2D eigenvalue weighted by atomic mass is 35.5. The van der Waals surface area contributed by atoms with Gasteiger partial charge in [0.2, 0.25) is 11.9 Å². The average molecular weight is 276 g/mol. The van der Waals surface area contributed by atoms with Gasteiger partial charge < -0.3 is 0 Å². The molecule has 0 radical (unpaired) electrons. The second-order valence-corrected chi connectivity index (χ2v) is 4.66. The molecular formula is C14H14ClN3O. The first-order valence-corrected chi connectivity index (χ1v) is 6.31. The van der Waals surface area contributed by atoms with Crippen molar-refractivity contribution in [1.82, 2.24) is 9.97 Å². The van der Waals surface area contributed by atoms with Crippen LogP contribution in [0.25, 0.3) is 0 Å². The molecule has 2 aromatic rings. The molecule has 0 aliphatic carbocycles. The van der Waals surface area contributed by atoms with Crippen LogP contribution in [0.3, 0.4) is 0 Å². The summed E-state index contributed by atoms with van der Waals surface area (Å²) in [5, 5.41) is 2.99. The largest absolute Gasteiger partial charge is 0.294 e. The van der Waals surface area contributed by atoms with Crippen LogP contribution in [0.5, 0.6) is 0 Å². The van der Waals surface area contributed by atoms with Crippen molar-refractivity contribution in [2.45, 2.75) is 19.8 Å². The highest BCUT2D eigenvalue weighted by molar-refractivity contribution is 6.29. The van der Waals surface area contributed by atoms with Gasteiger partial charge in [0.25, 0.3) is 0 Å². The smallest absolute Gasteiger partial charge is 0.233 e. The molecule has 1 aromatic carbocycles. The Morgan fingerprint density at radius 2 is 1.95 bits per heavy atom. The Morgan fingerprint density at radius 1 is 1.26 bits per heavy atom. The van der Waals surface area contributed by atoms with Gasteiger partial charge in [-0.25, -0.2) is 9.97 Å². The molecule has 0 saturated carbocycles. The zero-order valence-corrected chi connectivity index (χ0v) is 11.5. The van der Waals surface area contributed by atoms with Gasteiger partial charge in [-0.3, -0.25) is 10.1 Å². The van der Waals surface area contributed by atoms with Gasteiger partial charge in [0.15, 0.2) is 0 Å². The predicted octanol–water partition coefficient (Wildman–Crippen LogP) is 3.18. The van der Waals surface area contributed by atoms with Crippen molar-refractivity contribution >= 4 is 23.5 Å². The minimum absolute atomic E-state index is 0.159. The Bertz CT molecular complexity index is 566. The van der Waals surface area contributed by atoms with Gasteiger partial charge in [-0.2, -0.15) is 0 Å². The Hall–Kier alpha value is -1.94. The maximum absolute atomic E-state index is 12.1. The minimum Gasteiger partial charge on any atom is -0.294 e. The molecule has 1 atom stereocenters. The summed E-state index contributed by atoms with van der Waals surface area (Å²) >= 11 is 5.83. The Morgan fingerprint density at radius 3 is 2.58 bits per heavy atom. The molecule has 0 bridgehead atoms. The SMILES string of the molecule is Cc1cc(Cl)nc(NC(=O)C(C)c2ccccc2)n1. The van der Waals surface area contributed by atoms with Crippen molar-refractivity contribution in [2.24, 2.45) is 0 Å². The van der Waals surface area contributed by atoms with Crippen LogP contribution in [-0.4, -0.2) is 15.9 Å². The van der Waals surface area contributed by atoms with Gasteiger partial charge in [0, 0.05) is 5.69 Å². The summed E-state index contributed by atoms with van der Waals surface area (Å²) < 4.78 is 0. The topological polar surface area (TPSA) is 54.9 Å². The minimum atomic E-state index is -0.274. The number of nitrogens with one attached hydrogen (secondary N) is 1. The van der Waals surface area contributed by atoms with E-state index in [1.807, 2.05) is 37.3 Å². The number of benzene rings is 1. The summed E-state index contributed by atoms with van der Waals surface area (Å²) in [7, 11) is 0. The molecule has 0 spiro atoms. The van der Waals surface area contributed by atoms with Gasteiger partial charge in [-0.1, -0.05) is 41.9 Å². The number of halogens is 1. The van der Waals surface area contributed by atoms with Crippen LogP contribution in [0.15, 0.2) is 36.4 Å². The average Bonchev–Trinajstić information content (AvgIpc) is 2.37. The third-order valence-corrected chi connectivity index (χ3v) is 2.94. The van der Waals surface area contributed by atoms with E-state index in [-0.39, 0.29) is 17.8 Å². The summed E-state index contributed by atoms with van der Waals surface area (Å²) in [4.78, 5) is 20.2. The number of rotatable bonds is 3. The van der Waals surface area contributed by atoms with Crippen molar-refractivity contribution in [2.75, 3.05) is 5.32 Å². The Kier molecular flexibility index (Phi) is 4.12. The second kappa shape index (κ2) is 5.80. The van der Waals surface area contributed by atoms with Crippen molar-refractivity contribution in [3.8, 4) is 0 Å². The second-order valence-electron chi connectivity index (χ2n) is 4.28. The first-order chi connectivity index (χ1) is 9.06. The molecule has 0 aliphatic rings. The fourth-order valence-corrected chi connectivity index (χ4v) is 1.94. The zero-order chi connectivity index (χ0) is 13.8. The molecule has 98 valence electrons. The van der Waals surface area contributed by atoms with Gasteiger partial charge in [-0.05, 0) is 25.5 Å². The Labute approximate surface area is 116 Å². The summed E-state index contributed by atoms with van der Waals surface area (Å²) in [5.41, 5.74) is 1.65. The molecule has 4 nitrogen and oxygen atoms in total. The van der Waals surface area contributed by atoms with E-state index in [1.54, 1.807) is 13.0 Å². The third-order valence-electron chi connectivity index (χ3n) is 2.75. The van der Waals surface area contributed by atoms with Crippen molar-refractivity contribution in [3.63, 3.8) is 0 Å². The van der Waals surface area contributed by atoms with E-state index in [0.29, 0.717) is 10.8 Å². The summed E-state index contributed by atoms with van der Waals surface area (Å²) in [6.45, 7) is 3.63. The molecule has 0 aliphatic heterocycles. The van der Waals surface area contributed by atoms with Crippen LogP contribution in [0.4, 0.5) is 5.95 Å². The highest BCUT2D eigenvalue weighted by Crippen LogP contribution is 2.17. The number of hydrogen-bond donors (Lipinski definition) is 1. The van der Waals surface area contributed by atoms with Crippen LogP contribution < -0.4 is 5.32 Å². The fourth-order valence-electron chi connectivity index (χ4n) is 1.70. The van der Waals surface area contributed by atoms with Gasteiger partial charge in [0.05, 0.1) is 5.92 Å². The van der Waals surface area contributed by atoms with Gasteiger partial charge in [-0.15, -0.1) is 0 Å². The number of nitrogens with zero attached hydrogens (tertiary/aromatic N) is 2. The molecule has 1 amide bonds. The van der Waals surface area contributed by atoms with Crippen molar-refractivity contribution in [3.05, 3.63) is 52.8 Å². The molecule has 1 heterocycles. The lowest BCUT2D eigenvalue weighted by Crippen LogP contribution is -2.20. The van der Waals surface area contributed by atoms with Gasteiger partial charge >= 0.3 is 0 Å². The summed E-state index contributed by atoms with van der Waals surface area (Å²) in [6.07, 6.45) is 0. The number of amides is 1. The fraction of sp³-hybridized carbons (Fsp3) is 0.214. The number of aromatic nitrogens is 2. The maximum atomic E-state index is 12.1. The first-order valence-electron chi connectivity index (χ1n) is 5.93. The van der Waals surface area contributed by atoms with Crippen molar-refractivity contribution in [1.29, 1.82) is 0 Å². The highest BCUT2D eigenvalue weighted by Gasteiger charge is 2.16. The lowest BCUT2D eigenvalue weighted by molar-refractivity contribution is -0.117. The summed E-state index contributed by atoms with van der Waals surface area (Å²) in [6, 6.07) is 11.2. The van der Waals surface area contributed by atoms with E-state index in [1.165, 1.54) is 0 Å². The number of carbonyl (C=O) groups excluding carboxylic acids is 1. The molecule has 0 fully saturated rings. The normalized spacial score (nSPS) is 11.9. The molecular weight excluding hydrogens is 262 g/mol. The van der Waals surface area contributed by atoms with E-state index in [4.69, 9.17) is 11.6 Å². The molecule has 5 heteroatoms. The quantitative estimate of drug-likeness (QED) is 0.876. The molecule has 19 heavy (non-hydrogen) atoms. The van der Waals surface area contributed by atoms with Crippen LogP contribution in [-0.2, 0) is 4.79 Å². The van der Waals surface area contributed by atoms with E-state index in [2.05, 4.69) is 15.3 Å². The van der Waals surface area contributed by atoms with Gasteiger partial charge in [0.1, 0.15) is 5.15 Å². The Balaban J connectivity index is 2.13. The van der Waals surface area contributed by atoms with Crippen LogP contribution in [0.2, 0.25) is 5.15 Å². The number of anilines is 1. The van der Waals surface area contributed by atoms with Crippen LogP contribution in [0, 0.1) is 6.92 Å². The molecule has 1 unspecified atom stereocenters. The third kappa shape index (κ3) is 3.51. The number of hydrogen-bond acceptors (Lipinski definition) is 3. The standard InChI is InChI=1S/C14H14ClN3O/c1-9-8-12(15)17-14(16-9)18-13(19)10(2)11-6-4-3-5-7-11/h3-8,10H,1-2H3,(H,16,17,18,19). The molecule has 1 aromatic heterocycles. The van der Waals surface area contributed by atoms with E-state index in [9.17, 15) is 4.79 Å². The predicted molar refractivity (Wildman–Crippen MR) is 75.3 cm³/mol. The van der Waals surface area contributed by atoms with Crippen LogP contribution >= 0.6 is 11.6 Å². The first kappa shape index (κ1) is 13.5. The molecule has 2 rings (SSSR count). The lowest BCUT2D eigenvalue weighted by atomic mass is 10.0. The summed E-state index contributed by atoms with van der Waals surface area (Å²) in [5.74, 6) is -0.199. The van der Waals surface area contributed by atoms with Crippen molar-refractivity contribution < 1.29 is 4.79 Å². The molecule has 0 saturated heterocycles. The molecule has 1 N–H and O–H groups in total. The lowest BCUT2D eigenvalue weighted by Gasteiger charge is -2.11.